The number of hydrogen-bond donors (Lipinski definition) is 1. The molecule has 0 heterocycles. The first-order valence-corrected chi connectivity index (χ1v) is 8.42. The Morgan fingerprint density at radius 3 is 2.27 bits per heavy atom. The van der Waals surface area contributed by atoms with Crippen molar-refractivity contribution in [3.05, 3.63) is 30.3 Å². The SMILES string of the molecule is CCCCCCCCN(CC(O)CC)Oc1ccccc1.Cl. The van der Waals surface area contributed by atoms with Crippen LogP contribution in [0.5, 0.6) is 5.75 Å². The minimum Gasteiger partial charge on any atom is -0.406 e. The molecule has 3 nitrogen and oxygen atoms in total. The monoisotopic (exact) mass is 329 g/mol. The van der Waals surface area contributed by atoms with Gasteiger partial charge in [0.1, 0.15) is 5.75 Å². The summed E-state index contributed by atoms with van der Waals surface area (Å²) < 4.78 is 0. The minimum atomic E-state index is -0.325. The van der Waals surface area contributed by atoms with Gasteiger partial charge in [-0.3, -0.25) is 0 Å². The molecule has 0 aliphatic heterocycles. The highest BCUT2D eigenvalue weighted by Gasteiger charge is 2.12. The average Bonchev–Trinajstić information content (AvgIpc) is 2.51. The number of hydroxylamine groups is 2. The molecule has 1 aromatic carbocycles. The van der Waals surface area contributed by atoms with Gasteiger partial charge in [0.15, 0.2) is 0 Å². The first kappa shape index (κ1) is 21.2. The van der Waals surface area contributed by atoms with Gasteiger partial charge in [-0.05, 0) is 25.0 Å². The van der Waals surface area contributed by atoms with Gasteiger partial charge in [0, 0.05) is 6.54 Å². The van der Waals surface area contributed by atoms with Crippen LogP contribution in [-0.2, 0) is 0 Å². The predicted octanol–water partition coefficient (Wildman–Crippen LogP) is 4.84. The van der Waals surface area contributed by atoms with Crippen LogP contribution in [0.4, 0.5) is 0 Å². The Morgan fingerprint density at radius 1 is 1.00 bits per heavy atom. The van der Waals surface area contributed by atoms with Gasteiger partial charge in [0.25, 0.3) is 0 Å². The molecule has 0 radical (unpaired) electrons. The zero-order valence-electron chi connectivity index (χ0n) is 14.0. The topological polar surface area (TPSA) is 32.7 Å². The molecule has 1 N–H and O–H groups in total. The van der Waals surface area contributed by atoms with Gasteiger partial charge in [-0.25, -0.2) is 0 Å². The Hall–Kier alpha value is -0.770. The Morgan fingerprint density at radius 2 is 1.64 bits per heavy atom. The molecule has 0 aliphatic carbocycles. The zero-order chi connectivity index (χ0) is 15.3. The summed E-state index contributed by atoms with van der Waals surface area (Å²) in [5, 5.41) is 11.8. The van der Waals surface area contributed by atoms with Crippen LogP contribution in [-0.4, -0.2) is 29.4 Å². The lowest BCUT2D eigenvalue weighted by atomic mass is 10.1. The van der Waals surface area contributed by atoms with Crippen molar-refractivity contribution in [2.24, 2.45) is 0 Å². The second-order valence-corrected chi connectivity index (χ2v) is 5.62. The summed E-state index contributed by atoms with van der Waals surface area (Å²) in [7, 11) is 0. The van der Waals surface area contributed by atoms with E-state index in [0.717, 1.165) is 25.1 Å². The summed E-state index contributed by atoms with van der Waals surface area (Å²) in [6, 6.07) is 9.81. The molecule has 4 heteroatoms. The number of nitrogens with zero attached hydrogens (tertiary/aromatic N) is 1. The zero-order valence-corrected chi connectivity index (χ0v) is 14.9. The average molecular weight is 330 g/mol. The van der Waals surface area contributed by atoms with E-state index in [1.54, 1.807) is 0 Å². The van der Waals surface area contributed by atoms with E-state index in [9.17, 15) is 5.11 Å². The second-order valence-electron chi connectivity index (χ2n) is 5.62. The third-order valence-corrected chi connectivity index (χ3v) is 3.62. The molecule has 0 saturated heterocycles. The molecular weight excluding hydrogens is 298 g/mol. The number of aliphatic hydroxyl groups is 1. The Kier molecular flexibility index (Phi) is 13.4. The number of aliphatic hydroxyl groups excluding tert-OH is 1. The maximum absolute atomic E-state index is 9.86. The summed E-state index contributed by atoms with van der Waals surface area (Å²) in [5.74, 6) is 0.840. The molecule has 1 atom stereocenters. The van der Waals surface area contributed by atoms with Crippen molar-refractivity contribution < 1.29 is 9.94 Å². The number of rotatable bonds is 12. The summed E-state index contributed by atoms with van der Waals surface area (Å²) in [6.45, 7) is 5.68. The van der Waals surface area contributed by atoms with Crippen LogP contribution in [0.15, 0.2) is 30.3 Å². The lowest BCUT2D eigenvalue weighted by Gasteiger charge is -2.24. The van der Waals surface area contributed by atoms with Gasteiger partial charge in [-0.1, -0.05) is 64.2 Å². The molecule has 22 heavy (non-hydrogen) atoms. The van der Waals surface area contributed by atoms with Crippen LogP contribution in [0, 0.1) is 0 Å². The fraction of sp³-hybridized carbons (Fsp3) is 0.667. The van der Waals surface area contributed by atoms with Crippen LogP contribution < -0.4 is 4.84 Å². The quantitative estimate of drug-likeness (QED) is 0.440. The van der Waals surface area contributed by atoms with Crippen molar-refractivity contribution in [1.82, 2.24) is 5.06 Å². The number of para-hydroxylation sites is 1. The highest BCUT2D eigenvalue weighted by atomic mass is 35.5. The maximum Gasteiger partial charge on any atom is 0.147 e. The summed E-state index contributed by atoms with van der Waals surface area (Å²) in [6.07, 6.45) is 8.02. The third kappa shape index (κ3) is 10.0. The maximum atomic E-state index is 9.86. The number of hydrogen-bond acceptors (Lipinski definition) is 3. The largest absolute Gasteiger partial charge is 0.406 e. The third-order valence-electron chi connectivity index (χ3n) is 3.62. The van der Waals surface area contributed by atoms with Crippen LogP contribution in [0.3, 0.4) is 0 Å². The van der Waals surface area contributed by atoms with Crippen LogP contribution in [0.1, 0.15) is 58.8 Å². The lowest BCUT2D eigenvalue weighted by molar-refractivity contribution is -0.0855. The lowest BCUT2D eigenvalue weighted by Crippen LogP contribution is -2.35. The van der Waals surface area contributed by atoms with Gasteiger partial charge >= 0.3 is 0 Å². The van der Waals surface area contributed by atoms with E-state index in [1.165, 1.54) is 32.1 Å². The van der Waals surface area contributed by atoms with Crippen molar-refractivity contribution in [2.75, 3.05) is 13.1 Å². The van der Waals surface area contributed by atoms with E-state index < -0.39 is 0 Å². The van der Waals surface area contributed by atoms with Gasteiger partial charge < -0.3 is 9.94 Å². The van der Waals surface area contributed by atoms with Gasteiger partial charge in [0.05, 0.1) is 12.6 Å². The summed E-state index contributed by atoms with van der Waals surface area (Å²) in [4.78, 5) is 5.89. The van der Waals surface area contributed by atoms with Crippen molar-refractivity contribution in [2.45, 2.75) is 64.9 Å². The van der Waals surface area contributed by atoms with E-state index in [0.29, 0.717) is 6.54 Å². The standard InChI is InChI=1S/C18H31NO2.ClH/c1-3-5-6-7-8-12-15-19(16-17(20)4-2)21-18-13-10-9-11-14-18;/h9-11,13-14,17,20H,3-8,12,15-16H2,1-2H3;1H. The molecule has 0 aromatic heterocycles. The van der Waals surface area contributed by atoms with Crippen LogP contribution in [0.25, 0.3) is 0 Å². The highest BCUT2D eigenvalue weighted by Crippen LogP contribution is 2.13. The Labute approximate surface area is 142 Å². The van der Waals surface area contributed by atoms with Gasteiger partial charge in [-0.2, -0.15) is 0 Å². The van der Waals surface area contributed by atoms with Crippen LogP contribution >= 0.6 is 12.4 Å². The molecule has 0 aliphatic rings. The molecule has 0 bridgehead atoms. The fourth-order valence-electron chi connectivity index (χ4n) is 2.24. The molecule has 1 unspecified atom stereocenters. The van der Waals surface area contributed by atoms with E-state index in [4.69, 9.17) is 4.84 Å². The van der Waals surface area contributed by atoms with Gasteiger partial charge in [0.2, 0.25) is 0 Å². The Bertz CT molecular complexity index is 348. The number of unbranched alkanes of at least 4 members (excludes halogenated alkanes) is 5. The van der Waals surface area contributed by atoms with Crippen molar-refractivity contribution in [3.63, 3.8) is 0 Å². The van der Waals surface area contributed by atoms with Crippen LogP contribution in [0.2, 0.25) is 0 Å². The van der Waals surface area contributed by atoms with Crippen molar-refractivity contribution in [3.8, 4) is 5.75 Å². The van der Waals surface area contributed by atoms with Crippen molar-refractivity contribution in [1.29, 1.82) is 0 Å². The minimum absolute atomic E-state index is 0. The smallest absolute Gasteiger partial charge is 0.147 e. The van der Waals surface area contributed by atoms with Gasteiger partial charge in [-0.15, -0.1) is 17.5 Å². The predicted molar refractivity (Wildman–Crippen MR) is 95.6 cm³/mol. The Balaban J connectivity index is 0.00000441. The van der Waals surface area contributed by atoms with E-state index in [-0.39, 0.29) is 18.5 Å². The number of halogens is 1. The molecule has 0 fully saturated rings. The van der Waals surface area contributed by atoms with E-state index in [1.807, 2.05) is 42.3 Å². The fourth-order valence-corrected chi connectivity index (χ4v) is 2.24. The molecule has 1 aromatic rings. The molecule has 0 spiro atoms. The summed E-state index contributed by atoms with van der Waals surface area (Å²) in [5.41, 5.74) is 0. The molecule has 1 rings (SSSR count). The summed E-state index contributed by atoms with van der Waals surface area (Å²) >= 11 is 0. The van der Waals surface area contributed by atoms with Crippen molar-refractivity contribution >= 4 is 12.4 Å². The first-order valence-electron chi connectivity index (χ1n) is 8.42. The second kappa shape index (κ2) is 13.9. The molecular formula is C18H32ClNO2. The molecule has 0 saturated carbocycles. The first-order chi connectivity index (χ1) is 10.3. The van der Waals surface area contributed by atoms with E-state index >= 15 is 0 Å². The number of benzene rings is 1. The molecule has 0 amide bonds. The highest BCUT2D eigenvalue weighted by molar-refractivity contribution is 5.85. The molecule has 128 valence electrons. The van der Waals surface area contributed by atoms with E-state index in [2.05, 4.69) is 6.92 Å². The normalized spacial score (nSPS) is 12.0.